The number of anilines is 1. The molecule has 0 saturated carbocycles. The van der Waals surface area contributed by atoms with E-state index in [1.807, 2.05) is 0 Å². The minimum absolute atomic E-state index is 0.564. The van der Waals surface area contributed by atoms with Gasteiger partial charge in [0.25, 0.3) is 0 Å². The fraction of sp³-hybridized carbons (Fsp3) is 0.667. The lowest BCUT2D eigenvalue weighted by molar-refractivity contribution is 0.410. The van der Waals surface area contributed by atoms with Crippen LogP contribution in [-0.2, 0) is 6.42 Å². The molecule has 2 heterocycles. The highest BCUT2D eigenvalue weighted by atomic mass is 15.3. The quantitative estimate of drug-likeness (QED) is 0.833. The van der Waals surface area contributed by atoms with Crippen LogP contribution in [0.3, 0.4) is 0 Å². The molecule has 1 aliphatic heterocycles. The van der Waals surface area contributed by atoms with Crippen molar-refractivity contribution < 1.29 is 0 Å². The minimum atomic E-state index is 0.564. The minimum Gasteiger partial charge on any atom is -0.355 e. The highest BCUT2D eigenvalue weighted by molar-refractivity contribution is 5.37. The van der Waals surface area contributed by atoms with Crippen LogP contribution in [0.1, 0.15) is 38.8 Å². The second kappa shape index (κ2) is 6.51. The van der Waals surface area contributed by atoms with Gasteiger partial charge in [-0.05, 0) is 43.2 Å². The Hall–Kier alpha value is -1.63. The molecule has 0 radical (unpaired) electrons. The topological polar surface area (TPSA) is 52.8 Å². The highest BCUT2D eigenvalue weighted by Gasteiger charge is 2.20. The molecule has 1 aliphatic rings. The summed E-state index contributed by atoms with van der Waals surface area (Å²) in [6, 6.07) is 6.44. The summed E-state index contributed by atoms with van der Waals surface area (Å²) in [5.41, 5.74) is 1.07. The average molecular weight is 258 g/mol. The van der Waals surface area contributed by atoms with Crippen LogP contribution in [0.2, 0.25) is 0 Å². The van der Waals surface area contributed by atoms with Crippen LogP contribution in [0.4, 0.5) is 5.82 Å². The van der Waals surface area contributed by atoms with Crippen molar-refractivity contribution in [3.63, 3.8) is 0 Å². The van der Waals surface area contributed by atoms with Crippen LogP contribution in [0.25, 0.3) is 0 Å². The van der Waals surface area contributed by atoms with Crippen LogP contribution in [0, 0.1) is 23.2 Å². The highest BCUT2D eigenvalue weighted by Crippen LogP contribution is 2.23. The lowest BCUT2D eigenvalue weighted by Gasteiger charge is -2.31. The third-order valence-electron chi connectivity index (χ3n) is 3.64. The van der Waals surface area contributed by atoms with Crippen LogP contribution in [0.5, 0.6) is 0 Å². The molecule has 0 bridgehead atoms. The third kappa shape index (κ3) is 3.92. The van der Waals surface area contributed by atoms with Gasteiger partial charge < -0.3 is 4.90 Å². The Morgan fingerprint density at radius 2 is 2.05 bits per heavy atom. The second-order valence-electron chi connectivity index (χ2n) is 5.77. The fourth-order valence-electron chi connectivity index (χ4n) is 2.54. The number of piperidine rings is 1. The van der Waals surface area contributed by atoms with Crippen LogP contribution < -0.4 is 4.90 Å². The molecule has 0 unspecified atom stereocenters. The summed E-state index contributed by atoms with van der Waals surface area (Å²) in [6.07, 6.45) is 3.84. The van der Waals surface area contributed by atoms with E-state index in [4.69, 9.17) is 5.26 Å². The largest absolute Gasteiger partial charge is 0.355 e. The van der Waals surface area contributed by atoms with Crippen LogP contribution >= 0.6 is 0 Å². The average Bonchev–Trinajstić information content (AvgIpc) is 2.40. The summed E-state index contributed by atoms with van der Waals surface area (Å²) in [7, 11) is 0. The summed E-state index contributed by atoms with van der Waals surface area (Å²) in [5.74, 6) is 2.15. The number of hydrogen-bond donors (Lipinski definition) is 0. The molecule has 102 valence electrons. The first-order chi connectivity index (χ1) is 9.19. The van der Waals surface area contributed by atoms with E-state index in [1.54, 1.807) is 0 Å². The Bertz CT molecular complexity index is 424. The first-order valence-corrected chi connectivity index (χ1v) is 7.13. The Labute approximate surface area is 115 Å². The number of rotatable bonds is 4. The zero-order chi connectivity index (χ0) is 13.7. The SMILES string of the molecule is CC(C)Cc1ccc(N2CCC(CC#N)CC2)nn1. The molecular weight excluding hydrogens is 236 g/mol. The lowest BCUT2D eigenvalue weighted by atomic mass is 9.94. The van der Waals surface area contributed by atoms with Gasteiger partial charge in [0.15, 0.2) is 5.82 Å². The monoisotopic (exact) mass is 258 g/mol. The molecule has 4 heteroatoms. The van der Waals surface area contributed by atoms with Crippen molar-refractivity contribution >= 4 is 5.82 Å². The van der Waals surface area contributed by atoms with E-state index in [-0.39, 0.29) is 0 Å². The Morgan fingerprint density at radius 1 is 1.32 bits per heavy atom. The predicted octanol–water partition coefficient (Wildman–Crippen LogP) is 2.81. The van der Waals surface area contributed by atoms with Gasteiger partial charge >= 0.3 is 0 Å². The smallest absolute Gasteiger partial charge is 0.151 e. The maximum Gasteiger partial charge on any atom is 0.151 e. The molecule has 0 aliphatic carbocycles. The maximum atomic E-state index is 8.72. The van der Waals surface area contributed by atoms with E-state index < -0.39 is 0 Å². The van der Waals surface area contributed by atoms with E-state index in [2.05, 4.69) is 47.1 Å². The number of nitriles is 1. The third-order valence-corrected chi connectivity index (χ3v) is 3.64. The Balaban J connectivity index is 1.91. The van der Waals surface area contributed by atoms with Gasteiger partial charge in [0.1, 0.15) is 0 Å². The molecule has 0 N–H and O–H groups in total. The Kier molecular flexibility index (Phi) is 4.73. The summed E-state index contributed by atoms with van der Waals surface area (Å²) in [6.45, 7) is 6.36. The van der Waals surface area contributed by atoms with Gasteiger partial charge in [-0.2, -0.15) is 10.4 Å². The van der Waals surface area contributed by atoms with Gasteiger partial charge in [-0.25, -0.2) is 0 Å². The normalized spacial score (nSPS) is 16.6. The molecule has 0 atom stereocenters. The lowest BCUT2D eigenvalue weighted by Crippen LogP contribution is -2.34. The summed E-state index contributed by atoms with van der Waals surface area (Å²) >= 11 is 0. The van der Waals surface area contributed by atoms with Gasteiger partial charge in [0, 0.05) is 19.5 Å². The number of aromatic nitrogens is 2. The van der Waals surface area contributed by atoms with Gasteiger partial charge in [-0.3, -0.25) is 0 Å². The van der Waals surface area contributed by atoms with E-state index in [0.29, 0.717) is 18.3 Å². The zero-order valence-corrected chi connectivity index (χ0v) is 11.8. The van der Waals surface area contributed by atoms with E-state index in [9.17, 15) is 0 Å². The van der Waals surface area contributed by atoms with Crippen molar-refractivity contribution in [2.75, 3.05) is 18.0 Å². The maximum absolute atomic E-state index is 8.72. The molecule has 1 fully saturated rings. The van der Waals surface area contributed by atoms with Gasteiger partial charge in [-0.1, -0.05) is 13.8 Å². The molecule has 4 nitrogen and oxygen atoms in total. The number of hydrogen-bond acceptors (Lipinski definition) is 4. The van der Waals surface area contributed by atoms with Gasteiger partial charge in [-0.15, -0.1) is 5.10 Å². The van der Waals surface area contributed by atoms with Crippen molar-refractivity contribution in [2.45, 2.75) is 39.5 Å². The van der Waals surface area contributed by atoms with E-state index in [0.717, 1.165) is 43.9 Å². The Morgan fingerprint density at radius 3 is 2.58 bits per heavy atom. The van der Waals surface area contributed by atoms with E-state index >= 15 is 0 Å². The zero-order valence-electron chi connectivity index (χ0n) is 11.8. The van der Waals surface area contributed by atoms with Crippen molar-refractivity contribution in [3.8, 4) is 6.07 Å². The molecule has 1 aromatic heterocycles. The molecule has 0 spiro atoms. The predicted molar refractivity (Wildman–Crippen MR) is 75.7 cm³/mol. The fourth-order valence-corrected chi connectivity index (χ4v) is 2.54. The first-order valence-electron chi connectivity index (χ1n) is 7.13. The van der Waals surface area contributed by atoms with E-state index in [1.165, 1.54) is 0 Å². The van der Waals surface area contributed by atoms with Gasteiger partial charge in [0.2, 0.25) is 0 Å². The molecule has 2 rings (SSSR count). The van der Waals surface area contributed by atoms with Crippen LogP contribution in [0.15, 0.2) is 12.1 Å². The van der Waals surface area contributed by atoms with Crippen LogP contribution in [-0.4, -0.2) is 23.3 Å². The van der Waals surface area contributed by atoms with Crippen molar-refractivity contribution in [3.05, 3.63) is 17.8 Å². The number of nitrogens with zero attached hydrogens (tertiary/aromatic N) is 4. The summed E-state index contributed by atoms with van der Waals surface area (Å²) in [5, 5.41) is 17.4. The van der Waals surface area contributed by atoms with Crippen molar-refractivity contribution in [1.82, 2.24) is 10.2 Å². The first kappa shape index (κ1) is 13.8. The molecule has 1 saturated heterocycles. The molecular formula is C15H22N4. The van der Waals surface area contributed by atoms with Crippen molar-refractivity contribution in [2.24, 2.45) is 11.8 Å². The summed E-state index contributed by atoms with van der Waals surface area (Å²) in [4.78, 5) is 2.28. The van der Waals surface area contributed by atoms with Gasteiger partial charge in [0.05, 0.1) is 11.8 Å². The molecule has 0 amide bonds. The molecule has 0 aromatic carbocycles. The second-order valence-corrected chi connectivity index (χ2v) is 5.77. The van der Waals surface area contributed by atoms with Crippen molar-refractivity contribution in [1.29, 1.82) is 5.26 Å². The summed E-state index contributed by atoms with van der Waals surface area (Å²) < 4.78 is 0. The molecule has 1 aromatic rings. The molecule has 19 heavy (non-hydrogen) atoms. The standard InChI is InChI=1S/C15H22N4/c1-12(2)11-14-3-4-15(18-17-14)19-9-6-13(5-8-16)7-10-19/h3-4,12-13H,5-7,9-11H2,1-2H3.